The first-order valence-corrected chi connectivity index (χ1v) is 5.80. The molecule has 1 rings (SSSR count). The molecule has 0 bridgehead atoms. The lowest BCUT2D eigenvalue weighted by molar-refractivity contribution is -0.124. The third kappa shape index (κ3) is 5.49. The van der Waals surface area contributed by atoms with Gasteiger partial charge in [-0.05, 0) is 12.6 Å². The van der Waals surface area contributed by atoms with Gasteiger partial charge in [0.1, 0.15) is 0 Å². The quantitative estimate of drug-likeness (QED) is 0.727. The normalized spacial score (nSPS) is 13.3. The van der Waals surface area contributed by atoms with Crippen LogP contribution in [0.5, 0.6) is 0 Å². The molecule has 0 aromatic heterocycles. The number of amides is 1. The van der Waals surface area contributed by atoms with Crippen LogP contribution in [0.15, 0.2) is 30.3 Å². The number of hydrogen-bond acceptors (Lipinski definition) is 3. The highest BCUT2D eigenvalue weighted by molar-refractivity contribution is 5.85. The van der Waals surface area contributed by atoms with Crippen molar-refractivity contribution in [1.29, 1.82) is 0 Å². The van der Waals surface area contributed by atoms with Gasteiger partial charge in [-0.25, -0.2) is 0 Å². The topological polar surface area (TPSA) is 61.4 Å². The summed E-state index contributed by atoms with van der Waals surface area (Å²) in [5, 5.41) is 15.5. The van der Waals surface area contributed by atoms with Gasteiger partial charge >= 0.3 is 0 Å². The van der Waals surface area contributed by atoms with Crippen LogP contribution in [0.4, 0.5) is 0 Å². The lowest BCUT2D eigenvalue weighted by atomic mass is 10.1. The van der Waals surface area contributed by atoms with Crippen molar-refractivity contribution in [2.45, 2.75) is 13.0 Å². The molecule has 18 heavy (non-hydrogen) atoms. The van der Waals surface area contributed by atoms with Gasteiger partial charge in [-0.15, -0.1) is 12.4 Å². The summed E-state index contributed by atoms with van der Waals surface area (Å²) in [5.41, 5.74) is 0.814. The largest absolute Gasteiger partial charge is 0.387 e. The van der Waals surface area contributed by atoms with Crippen molar-refractivity contribution in [3.8, 4) is 0 Å². The number of aliphatic hydroxyl groups excluding tert-OH is 1. The van der Waals surface area contributed by atoms with Gasteiger partial charge < -0.3 is 15.7 Å². The Kier molecular flexibility index (Phi) is 8.37. The van der Waals surface area contributed by atoms with Crippen LogP contribution in [0.3, 0.4) is 0 Å². The minimum Gasteiger partial charge on any atom is -0.387 e. The molecule has 1 aromatic rings. The summed E-state index contributed by atoms with van der Waals surface area (Å²) in [4.78, 5) is 11.6. The smallest absolute Gasteiger partial charge is 0.224 e. The monoisotopic (exact) mass is 272 g/mol. The lowest BCUT2D eigenvalue weighted by Crippen LogP contribution is -2.36. The number of carbonyl (C=O) groups excluding carboxylic acids is 1. The third-order valence-corrected chi connectivity index (χ3v) is 2.61. The van der Waals surface area contributed by atoms with E-state index in [0.29, 0.717) is 6.54 Å². The van der Waals surface area contributed by atoms with E-state index in [4.69, 9.17) is 0 Å². The van der Waals surface area contributed by atoms with E-state index in [1.807, 2.05) is 44.3 Å². The fourth-order valence-electron chi connectivity index (χ4n) is 1.56. The summed E-state index contributed by atoms with van der Waals surface area (Å²) in [6, 6.07) is 9.31. The van der Waals surface area contributed by atoms with Crippen molar-refractivity contribution in [1.82, 2.24) is 10.6 Å². The van der Waals surface area contributed by atoms with Gasteiger partial charge in [0.2, 0.25) is 5.91 Å². The molecule has 0 aliphatic heterocycles. The van der Waals surface area contributed by atoms with Gasteiger partial charge in [0, 0.05) is 19.0 Å². The molecule has 2 unspecified atom stereocenters. The first-order valence-electron chi connectivity index (χ1n) is 5.80. The molecule has 0 radical (unpaired) electrons. The van der Waals surface area contributed by atoms with Gasteiger partial charge in [0.25, 0.3) is 0 Å². The van der Waals surface area contributed by atoms with Crippen molar-refractivity contribution in [2.75, 3.05) is 20.1 Å². The average Bonchev–Trinajstić information content (AvgIpc) is 2.36. The third-order valence-electron chi connectivity index (χ3n) is 2.61. The minimum atomic E-state index is -0.651. The molecule has 0 heterocycles. The fourth-order valence-corrected chi connectivity index (χ4v) is 1.56. The van der Waals surface area contributed by atoms with Crippen LogP contribution < -0.4 is 10.6 Å². The van der Waals surface area contributed by atoms with Crippen molar-refractivity contribution >= 4 is 18.3 Å². The summed E-state index contributed by atoms with van der Waals surface area (Å²) >= 11 is 0. The highest BCUT2D eigenvalue weighted by Crippen LogP contribution is 2.10. The standard InChI is InChI=1S/C13H20N2O2.ClH/c1-10(8-14-2)13(17)15-9-12(16)11-6-4-3-5-7-11;/h3-7,10,12,14,16H,8-9H2,1-2H3,(H,15,17);1H. The number of halogens is 1. The van der Waals surface area contributed by atoms with E-state index in [2.05, 4.69) is 10.6 Å². The van der Waals surface area contributed by atoms with Crippen molar-refractivity contribution in [3.63, 3.8) is 0 Å². The van der Waals surface area contributed by atoms with Crippen molar-refractivity contribution in [3.05, 3.63) is 35.9 Å². The van der Waals surface area contributed by atoms with E-state index in [1.165, 1.54) is 0 Å². The van der Waals surface area contributed by atoms with E-state index in [0.717, 1.165) is 5.56 Å². The van der Waals surface area contributed by atoms with Crippen LogP contribution in [0.2, 0.25) is 0 Å². The molecule has 0 saturated heterocycles. The number of aliphatic hydroxyl groups is 1. The van der Waals surface area contributed by atoms with E-state index < -0.39 is 6.10 Å². The van der Waals surface area contributed by atoms with Crippen LogP contribution in [0.25, 0.3) is 0 Å². The molecule has 0 aliphatic carbocycles. The van der Waals surface area contributed by atoms with E-state index in [-0.39, 0.29) is 30.8 Å². The summed E-state index contributed by atoms with van der Waals surface area (Å²) in [7, 11) is 1.81. The van der Waals surface area contributed by atoms with E-state index >= 15 is 0 Å². The SMILES string of the molecule is CNCC(C)C(=O)NCC(O)c1ccccc1.Cl. The molecule has 0 saturated carbocycles. The molecule has 1 amide bonds. The Morgan fingerprint density at radius 2 is 1.89 bits per heavy atom. The molecule has 3 N–H and O–H groups in total. The molecule has 4 nitrogen and oxygen atoms in total. The van der Waals surface area contributed by atoms with Crippen LogP contribution in [0, 0.1) is 5.92 Å². The van der Waals surface area contributed by atoms with Crippen molar-refractivity contribution in [2.24, 2.45) is 5.92 Å². The van der Waals surface area contributed by atoms with Gasteiger partial charge in [-0.2, -0.15) is 0 Å². The zero-order valence-corrected chi connectivity index (χ0v) is 11.5. The number of hydrogen-bond donors (Lipinski definition) is 3. The second-order valence-electron chi connectivity index (χ2n) is 4.13. The summed E-state index contributed by atoms with van der Waals surface area (Å²) in [6.45, 7) is 2.73. The first kappa shape index (κ1) is 16.9. The van der Waals surface area contributed by atoms with Crippen LogP contribution in [-0.2, 0) is 4.79 Å². The highest BCUT2D eigenvalue weighted by Gasteiger charge is 2.13. The Hall–Kier alpha value is -1.10. The lowest BCUT2D eigenvalue weighted by Gasteiger charge is -2.15. The molecule has 0 aliphatic rings. The molecule has 1 aromatic carbocycles. The van der Waals surface area contributed by atoms with Gasteiger partial charge in [0.15, 0.2) is 0 Å². The minimum absolute atomic E-state index is 0. The van der Waals surface area contributed by atoms with Gasteiger partial charge in [-0.3, -0.25) is 4.79 Å². The Labute approximate surface area is 114 Å². The Morgan fingerprint density at radius 3 is 2.44 bits per heavy atom. The summed E-state index contributed by atoms with van der Waals surface area (Å²) < 4.78 is 0. The number of benzene rings is 1. The number of carbonyl (C=O) groups is 1. The second-order valence-corrected chi connectivity index (χ2v) is 4.13. The molecule has 102 valence electrons. The molecular formula is C13H21ClN2O2. The molecule has 2 atom stereocenters. The van der Waals surface area contributed by atoms with Crippen LogP contribution in [-0.4, -0.2) is 31.2 Å². The van der Waals surface area contributed by atoms with E-state index in [1.54, 1.807) is 0 Å². The predicted molar refractivity (Wildman–Crippen MR) is 74.8 cm³/mol. The van der Waals surface area contributed by atoms with Crippen molar-refractivity contribution < 1.29 is 9.90 Å². The Morgan fingerprint density at radius 1 is 1.28 bits per heavy atom. The predicted octanol–water partition coefficient (Wildman–Crippen LogP) is 1.11. The fraction of sp³-hybridized carbons (Fsp3) is 0.462. The Bertz CT molecular complexity index is 346. The van der Waals surface area contributed by atoms with Gasteiger partial charge in [0.05, 0.1) is 6.10 Å². The van der Waals surface area contributed by atoms with Gasteiger partial charge in [-0.1, -0.05) is 37.3 Å². The molecular weight excluding hydrogens is 252 g/mol. The van der Waals surface area contributed by atoms with Crippen LogP contribution in [0.1, 0.15) is 18.6 Å². The maximum absolute atomic E-state index is 11.6. The average molecular weight is 273 g/mol. The molecule has 0 spiro atoms. The molecule has 0 fully saturated rings. The van der Waals surface area contributed by atoms with Crippen LogP contribution >= 0.6 is 12.4 Å². The summed E-state index contributed by atoms with van der Waals surface area (Å²) in [5.74, 6) is -0.141. The number of nitrogens with one attached hydrogen (secondary N) is 2. The maximum atomic E-state index is 11.6. The summed E-state index contributed by atoms with van der Waals surface area (Å²) in [6.07, 6.45) is -0.651. The second kappa shape index (κ2) is 8.91. The van der Waals surface area contributed by atoms with E-state index in [9.17, 15) is 9.90 Å². The molecule has 5 heteroatoms. The zero-order chi connectivity index (χ0) is 12.7. The highest BCUT2D eigenvalue weighted by atomic mass is 35.5. The number of rotatable bonds is 6. The Balaban J connectivity index is 0.00000289. The zero-order valence-electron chi connectivity index (χ0n) is 10.7. The maximum Gasteiger partial charge on any atom is 0.224 e. The first-order chi connectivity index (χ1) is 8.15.